The van der Waals surface area contributed by atoms with E-state index in [4.69, 9.17) is 4.74 Å². The molecule has 0 saturated carbocycles. The number of hydrogen-bond donors (Lipinski definition) is 2. The Morgan fingerprint density at radius 3 is 2.58 bits per heavy atom. The number of aromatic hydroxyl groups is 1. The number of methoxy groups -OCH3 is 1. The summed E-state index contributed by atoms with van der Waals surface area (Å²) in [5.41, 5.74) is 0.246. The minimum absolute atomic E-state index is 0.0330. The van der Waals surface area contributed by atoms with Gasteiger partial charge >= 0.3 is 0 Å². The topological polar surface area (TPSA) is 58.6 Å². The molecule has 0 spiro atoms. The number of carbonyl (C=O) groups is 1. The smallest absolute Gasteiger partial charge is 0.255 e. The summed E-state index contributed by atoms with van der Waals surface area (Å²) in [7, 11) is 1.53. The molecule has 0 aromatic heterocycles. The van der Waals surface area contributed by atoms with Crippen molar-refractivity contribution in [1.29, 1.82) is 0 Å². The molecule has 0 aliphatic heterocycles. The van der Waals surface area contributed by atoms with Crippen molar-refractivity contribution >= 4 is 5.91 Å². The van der Waals surface area contributed by atoms with E-state index < -0.39 is 0 Å². The second kappa shape index (κ2) is 7.02. The Morgan fingerprint density at radius 1 is 1.32 bits per heavy atom. The van der Waals surface area contributed by atoms with Gasteiger partial charge in [0.05, 0.1) is 12.7 Å². The molecule has 0 heterocycles. The van der Waals surface area contributed by atoms with E-state index in [-0.39, 0.29) is 23.3 Å². The lowest BCUT2D eigenvalue weighted by Gasteiger charge is -2.16. The maximum absolute atomic E-state index is 12.1. The van der Waals surface area contributed by atoms with Crippen LogP contribution in [0, 0.1) is 5.92 Å². The van der Waals surface area contributed by atoms with Crippen molar-refractivity contribution in [3.63, 3.8) is 0 Å². The third-order valence-electron chi connectivity index (χ3n) is 3.00. The Labute approximate surface area is 114 Å². The SMILES string of the molecule is COc1ccc(O)c(C(=O)NC(C)CCC(C)C)c1. The number of ether oxygens (including phenoxy) is 1. The minimum atomic E-state index is -0.271. The average Bonchev–Trinajstić information content (AvgIpc) is 2.36. The molecule has 0 aliphatic carbocycles. The summed E-state index contributed by atoms with van der Waals surface area (Å²) in [5, 5.41) is 12.6. The van der Waals surface area contributed by atoms with Gasteiger partial charge in [0, 0.05) is 6.04 Å². The molecular formula is C15H23NO3. The predicted molar refractivity (Wildman–Crippen MR) is 75.7 cm³/mol. The molecule has 1 atom stereocenters. The molecule has 1 aromatic rings. The first-order chi connectivity index (χ1) is 8.93. The molecule has 1 aromatic carbocycles. The zero-order chi connectivity index (χ0) is 14.4. The summed E-state index contributed by atoms with van der Waals surface area (Å²) in [6, 6.07) is 4.71. The fourth-order valence-electron chi connectivity index (χ4n) is 1.78. The molecule has 4 heteroatoms. The Morgan fingerprint density at radius 2 is 2.00 bits per heavy atom. The first-order valence-electron chi connectivity index (χ1n) is 6.62. The van der Waals surface area contributed by atoms with Crippen molar-refractivity contribution in [2.24, 2.45) is 5.92 Å². The maximum Gasteiger partial charge on any atom is 0.255 e. The van der Waals surface area contributed by atoms with Gasteiger partial charge in [-0.05, 0) is 43.9 Å². The fourth-order valence-corrected chi connectivity index (χ4v) is 1.78. The Balaban J connectivity index is 2.67. The second-order valence-corrected chi connectivity index (χ2v) is 5.23. The standard InChI is InChI=1S/C15H23NO3/c1-10(2)5-6-11(3)16-15(18)13-9-12(19-4)7-8-14(13)17/h7-11,17H,5-6H2,1-4H3,(H,16,18). The molecule has 4 nitrogen and oxygen atoms in total. The van der Waals surface area contributed by atoms with Crippen molar-refractivity contribution in [2.45, 2.75) is 39.7 Å². The van der Waals surface area contributed by atoms with Gasteiger partial charge in [0.15, 0.2) is 0 Å². The van der Waals surface area contributed by atoms with Crippen LogP contribution < -0.4 is 10.1 Å². The average molecular weight is 265 g/mol. The highest BCUT2D eigenvalue weighted by Gasteiger charge is 2.14. The molecule has 1 rings (SSSR count). The summed E-state index contributed by atoms with van der Waals surface area (Å²) >= 11 is 0. The number of hydrogen-bond acceptors (Lipinski definition) is 3. The lowest BCUT2D eigenvalue weighted by atomic mass is 10.0. The highest BCUT2D eigenvalue weighted by molar-refractivity contribution is 5.97. The van der Waals surface area contributed by atoms with Crippen molar-refractivity contribution in [3.05, 3.63) is 23.8 Å². The van der Waals surface area contributed by atoms with Gasteiger partial charge in [-0.2, -0.15) is 0 Å². The van der Waals surface area contributed by atoms with E-state index in [0.717, 1.165) is 12.8 Å². The summed E-state index contributed by atoms with van der Waals surface area (Å²) in [5.74, 6) is 0.865. The van der Waals surface area contributed by atoms with Crippen LogP contribution in [0.1, 0.15) is 44.0 Å². The highest BCUT2D eigenvalue weighted by atomic mass is 16.5. The lowest BCUT2D eigenvalue weighted by Crippen LogP contribution is -2.32. The zero-order valence-electron chi connectivity index (χ0n) is 12.1. The van der Waals surface area contributed by atoms with E-state index in [1.165, 1.54) is 13.2 Å². The molecule has 0 saturated heterocycles. The van der Waals surface area contributed by atoms with E-state index in [9.17, 15) is 9.90 Å². The van der Waals surface area contributed by atoms with Crippen LogP contribution in [0.3, 0.4) is 0 Å². The number of rotatable bonds is 6. The Kier molecular flexibility index (Phi) is 5.67. The van der Waals surface area contributed by atoms with Crippen LogP contribution in [0.15, 0.2) is 18.2 Å². The first kappa shape index (κ1) is 15.3. The number of phenols is 1. The molecule has 1 unspecified atom stereocenters. The van der Waals surface area contributed by atoms with Crippen molar-refractivity contribution in [1.82, 2.24) is 5.32 Å². The van der Waals surface area contributed by atoms with Gasteiger partial charge in [-0.15, -0.1) is 0 Å². The largest absolute Gasteiger partial charge is 0.507 e. The van der Waals surface area contributed by atoms with Gasteiger partial charge in [0.2, 0.25) is 0 Å². The predicted octanol–water partition coefficient (Wildman–Crippen LogP) is 2.96. The number of amides is 1. The van der Waals surface area contributed by atoms with Gasteiger partial charge in [-0.25, -0.2) is 0 Å². The van der Waals surface area contributed by atoms with Gasteiger partial charge in [-0.3, -0.25) is 4.79 Å². The second-order valence-electron chi connectivity index (χ2n) is 5.23. The molecule has 0 aliphatic rings. The Bertz CT molecular complexity index is 429. The zero-order valence-corrected chi connectivity index (χ0v) is 12.1. The van der Waals surface area contributed by atoms with Crippen LogP contribution in [0.25, 0.3) is 0 Å². The third-order valence-corrected chi connectivity index (χ3v) is 3.00. The van der Waals surface area contributed by atoms with Gasteiger partial charge in [0.25, 0.3) is 5.91 Å². The van der Waals surface area contributed by atoms with Crippen LogP contribution in [-0.2, 0) is 0 Å². The third kappa shape index (κ3) is 4.81. The molecule has 0 fully saturated rings. The van der Waals surface area contributed by atoms with E-state index in [1.807, 2.05) is 6.92 Å². The van der Waals surface area contributed by atoms with Crippen molar-refractivity contribution in [2.75, 3.05) is 7.11 Å². The quantitative estimate of drug-likeness (QED) is 0.831. The number of phenolic OH excluding ortho intramolecular Hbond substituents is 1. The van der Waals surface area contributed by atoms with Crippen LogP contribution in [-0.4, -0.2) is 24.2 Å². The Hall–Kier alpha value is -1.71. The number of carbonyl (C=O) groups excluding carboxylic acids is 1. The molecule has 2 N–H and O–H groups in total. The highest BCUT2D eigenvalue weighted by Crippen LogP contribution is 2.22. The van der Waals surface area contributed by atoms with E-state index in [0.29, 0.717) is 11.7 Å². The van der Waals surface area contributed by atoms with Crippen molar-refractivity contribution < 1.29 is 14.6 Å². The van der Waals surface area contributed by atoms with Crippen molar-refractivity contribution in [3.8, 4) is 11.5 Å². The van der Waals surface area contributed by atoms with Crippen LogP contribution >= 0.6 is 0 Å². The van der Waals surface area contributed by atoms with Crippen LogP contribution in [0.2, 0.25) is 0 Å². The first-order valence-corrected chi connectivity index (χ1v) is 6.62. The minimum Gasteiger partial charge on any atom is -0.507 e. The van der Waals surface area contributed by atoms with Gasteiger partial charge < -0.3 is 15.2 Å². The van der Waals surface area contributed by atoms with Crippen LogP contribution in [0.5, 0.6) is 11.5 Å². The lowest BCUT2D eigenvalue weighted by molar-refractivity contribution is 0.0934. The van der Waals surface area contributed by atoms with E-state index >= 15 is 0 Å². The van der Waals surface area contributed by atoms with E-state index in [1.54, 1.807) is 12.1 Å². The molecule has 19 heavy (non-hydrogen) atoms. The molecule has 0 bridgehead atoms. The molecule has 106 valence electrons. The van der Waals surface area contributed by atoms with Crippen LogP contribution in [0.4, 0.5) is 0 Å². The number of nitrogens with one attached hydrogen (secondary N) is 1. The molecular weight excluding hydrogens is 242 g/mol. The summed E-state index contributed by atoms with van der Waals surface area (Å²) in [6.07, 6.45) is 1.99. The van der Waals surface area contributed by atoms with Gasteiger partial charge in [0.1, 0.15) is 11.5 Å². The van der Waals surface area contributed by atoms with E-state index in [2.05, 4.69) is 19.2 Å². The summed E-state index contributed by atoms with van der Waals surface area (Å²) < 4.78 is 5.05. The summed E-state index contributed by atoms with van der Waals surface area (Å²) in [6.45, 7) is 6.28. The summed E-state index contributed by atoms with van der Waals surface area (Å²) in [4.78, 5) is 12.1. The molecule has 0 radical (unpaired) electrons. The fraction of sp³-hybridized carbons (Fsp3) is 0.533. The van der Waals surface area contributed by atoms with Gasteiger partial charge in [-0.1, -0.05) is 13.8 Å². The number of benzene rings is 1. The monoisotopic (exact) mass is 265 g/mol. The maximum atomic E-state index is 12.1. The molecule has 1 amide bonds. The normalized spacial score (nSPS) is 12.3.